The van der Waals surface area contributed by atoms with Gasteiger partial charge in [-0.1, -0.05) is 11.6 Å². The summed E-state index contributed by atoms with van der Waals surface area (Å²) >= 11 is 1.12. The molecule has 176 valence electrons. The van der Waals surface area contributed by atoms with E-state index in [0.717, 1.165) is 17.3 Å². The summed E-state index contributed by atoms with van der Waals surface area (Å²) in [5, 5.41) is 10.7. The van der Waals surface area contributed by atoms with Crippen LogP contribution < -0.4 is 10.9 Å². The maximum absolute atomic E-state index is 13.0. The lowest BCUT2D eigenvalue weighted by atomic mass is 10.1. The van der Waals surface area contributed by atoms with Gasteiger partial charge in [0.25, 0.3) is 5.56 Å². The van der Waals surface area contributed by atoms with Gasteiger partial charge in [0, 0.05) is 12.7 Å². The first-order chi connectivity index (χ1) is 16.2. The SMILES string of the molecule is Cc1ccc2c(c1)c(=O)n(C)c1nnc(COC(=O)C(C)SCC(=O)Nc3ccc(F)cc3)n21. The van der Waals surface area contributed by atoms with Gasteiger partial charge in [-0.2, -0.15) is 0 Å². The number of halogens is 1. The van der Waals surface area contributed by atoms with Crippen molar-refractivity contribution in [1.82, 2.24) is 19.2 Å². The lowest BCUT2D eigenvalue weighted by Gasteiger charge is -2.12. The van der Waals surface area contributed by atoms with E-state index in [-0.39, 0.29) is 23.8 Å². The second-order valence-corrected chi connectivity index (χ2v) is 9.08. The molecular weight excluding hydrogens is 461 g/mol. The average molecular weight is 484 g/mol. The number of fused-ring (bicyclic) bond motifs is 3. The lowest BCUT2D eigenvalue weighted by Crippen LogP contribution is -2.22. The van der Waals surface area contributed by atoms with E-state index in [1.807, 2.05) is 19.1 Å². The molecule has 0 aliphatic carbocycles. The summed E-state index contributed by atoms with van der Waals surface area (Å²) in [4.78, 5) is 37.2. The molecule has 0 spiro atoms. The zero-order valence-corrected chi connectivity index (χ0v) is 19.6. The monoisotopic (exact) mass is 483 g/mol. The molecule has 4 aromatic rings. The molecular formula is C23H22FN5O4S. The van der Waals surface area contributed by atoms with Gasteiger partial charge in [0.05, 0.1) is 16.7 Å². The Hall–Kier alpha value is -3.73. The number of nitrogens with one attached hydrogen (secondary N) is 1. The van der Waals surface area contributed by atoms with Crippen LogP contribution in [0.1, 0.15) is 18.3 Å². The predicted octanol–water partition coefficient (Wildman–Crippen LogP) is 2.83. The van der Waals surface area contributed by atoms with Crippen molar-refractivity contribution in [2.75, 3.05) is 11.1 Å². The highest BCUT2D eigenvalue weighted by atomic mass is 32.2. The number of esters is 1. The molecule has 2 aromatic heterocycles. The fraction of sp³-hybridized carbons (Fsp3) is 0.261. The average Bonchev–Trinajstić information content (AvgIpc) is 3.25. The molecule has 1 unspecified atom stereocenters. The Labute approximate surface area is 197 Å². The van der Waals surface area contributed by atoms with E-state index < -0.39 is 17.0 Å². The summed E-state index contributed by atoms with van der Waals surface area (Å²) in [5.41, 5.74) is 1.85. The Balaban J connectivity index is 1.41. The fourth-order valence-corrected chi connectivity index (χ4v) is 4.08. The first-order valence-electron chi connectivity index (χ1n) is 10.4. The molecule has 0 saturated heterocycles. The minimum Gasteiger partial charge on any atom is -0.457 e. The Bertz CT molecular complexity index is 1450. The van der Waals surface area contributed by atoms with Gasteiger partial charge in [-0.05, 0) is 50.2 Å². The maximum atomic E-state index is 13.0. The highest BCUT2D eigenvalue weighted by Crippen LogP contribution is 2.18. The molecule has 34 heavy (non-hydrogen) atoms. The number of amides is 1. The number of benzene rings is 2. The number of nitrogens with zero attached hydrogens (tertiary/aromatic N) is 4. The Kier molecular flexibility index (Phi) is 6.64. The Morgan fingerprint density at radius 1 is 1.18 bits per heavy atom. The maximum Gasteiger partial charge on any atom is 0.319 e. The molecule has 1 amide bonds. The summed E-state index contributed by atoms with van der Waals surface area (Å²) in [5.74, 6) is -0.488. The molecule has 0 aliphatic heterocycles. The van der Waals surface area contributed by atoms with Gasteiger partial charge in [-0.3, -0.25) is 23.4 Å². The summed E-state index contributed by atoms with van der Waals surface area (Å²) in [7, 11) is 1.61. The quantitative estimate of drug-likeness (QED) is 0.403. The van der Waals surface area contributed by atoms with Crippen LogP contribution in [0.3, 0.4) is 0 Å². The molecule has 9 nitrogen and oxygen atoms in total. The molecule has 4 rings (SSSR count). The number of thioether (sulfide) groups is 1. The van der Waals surface area contributed by atoms with Gasteiger partial charge in [-0.15, -0.1) is 22.0 Å². The van der Waals surface area contributed by atoms with Crippen molar-refractivity contribution >= 4 is 46.0 Å². The third-order valence-corrected chi connectivity index (χ3v) is 6.33. The van der Waals surface area contributed by atoms with Gasteiger partial charge in [0.2, 0.25) is 11.7 Å². The van der Waals surface area contributed by atoms with Crippen LogP contribution in [0.15, 0.2) is 47.3 Å². The first kappa shape index (κ1) is 23.4. The third-order valence-electron chi connectivity index (χ3n) is 5.21. The minimum atomic E-state index is -0.609. The van der Waals surface area contributed by atoms with E-state index in [9.17, 15) is 18.8 Å². The summed E-state index contributed by atoms with van der Waals surface area (Å²) in [6.07, 6.45) is 0. The Morgan fingerprint density at radius 3 is 2.65 bits per heavy atom. The normalized spacial score (nSPS) is 12.1. The van der Waals surface area contributed by atoms with E-state index in [1.54, 1.807) is 24.4 Å². The predicted molar refractivity (Wildman–Crippen MR) is 127 cm³/mol. The number of aryl methyl sites for hydroxylation is 2. The zero-order valence-electron chi connectivity index (χ0n) is 18.7. The van der Waals surface area contributed by atoms with Gasteiger partial charge >= 0.3 is 5.97 Å². The third kappa shape index (κ3) is 4.79. The zero-order chi connectivity index (χ0) is 24.4. The Morgan fingerprint density at radius 2 is 1.91 bits per heavy atom. The fourth-order valence-electron chi connectivity index (χ4n) is 3.40. The number of carbonyl (C=O) groups is 2. The number of hydrogen-bond acceptors (Lipinski definition) is 7. The number of anilines is 1. The second kappa shape index (κ2) is 9.64. The molecule has 11 heteroatoms. The molecule has 0 saturated carbocycles. The second-order valence-electron chi connectivity index (χ2n) is 7.75. The van der Waals surface area contributed by atoms with E-state index in [2.05, 4.69) is 15.5 Å². The first-order valence-corrected chi connectivity index (χ1v) is 11.5. The standard InChI is InChI=1S/C23H22FN5O4S/c1-13-4-9-18-17(10-13)21(31)28(3)23-27-26-19(29(18)23)11-33-22(32)14(2)34-12-20(30)25-16-7-5-15(24)6-8-16/h4-10,14H,11-12H2,1-3H3,(H,25,30). The van der Waals surface area contributed by atoms with Crippen molar-refractivity contribution in [2.24, 2.45) is 7.05 Å². The van der Waals surface area contributed by atoms with E-state index >= 15 is 0 Å². The van der Waals surface area contributed by atoms with Gasteiger partial charge < -0.3 is 10.1 Å². The number of aromatic nitrogens is 4. The van der Waals surface area contributed by atoms with Crippen molar-refractivity contribution in [1.29, 1.82) is 0 Å². The van der Waals surface area contributed by atoms with Crippen LogP contribution >= 0.6 is 11.8 Å². The highest BCUT2D eigenvalue weighted by Gasteiger charge is 2.20. The van der Waals surface area contributed by atoms with Gasteiger partial charge in [-0.25, -0.2) is 4.39 Å². The minimum absolute atomic E-state index is 0.0214. The number of hydrogen-bond donors (Lipinski definition) is 1. The van der Waals surface area contributed by atoms with E-state index in [1.165, 1.54) is 28.8 Å². The van der Waals surface area contributed by atoms with Crippen LogP contribution in [0.2, 0.25) is 0 Å². The lowest BCUT2D eigenvalue weighted by molar-refractivity contribution is -0.144. The topological polar surface area (TPSA) is 108 Å². The number of carbonyl (C=O) groups excluding carboxylic acids is 2. The van der Waals surface area contributed by atoms with E-state index in [4.69, 9.17) is 4.74 Å². The number of rotatable bonds is 7. The number of ether oxygens (including phenoxy) is 1. The molecule has 0 bridgehead atoms. The van der Waals surface area contributed by atoms with Crippen molar-refractivity contribution in [3.63, 3.8) is 0 Å². The van der Waals surface area contributed by atoms with Crippen LogP contribution in [0, 0.1) is 12.7 Å². The molecule has 1 N–H and O–H groups in total. The summed E-state index contributed by atoms with van der Waals surface area (Å²) in [6, 6.07) is 10.9. The van der Waals surface area contributed by atoms with Crippen molar-refractivity contribution in [2.45, 2.75) is 25.7 Å². The summed E-state index contributed by atoms with van der Waals surface area (Å²) < 4.78 is 21.5. The molecule has 0 aliphatic rings. The van der Waals surface area contributed by atoms with Crippen LogP contribution in [0.5, 0.6) is 0 Å². The van der Waals surface area contributed by atoms with Crippen LogP contribution in [-0.4, -0.2) is 42.0 Å². The van der Waals surface area contributed by atoms with Crippen molar-refractivity contribution in [3.05, 3.63) is 70.0 Å². The molecule has 0 fully saturated rings. The van der Waals surface area contributed by atoms with Gasteiger partial charge in [0.15, 0.2) is 12.4 Å². The highest BCUT2D eigenvalue weighted by molar-refractivity contribution is 8.01. The molecule has 2 heterocycles. The van der Waals surface area contributed by atoms with Crippen LogP contribution in [-0.2, 0) is 28.0 Å². The molecule has 2 aromatic carbocycles. The van der Waals surface area contributed by atoms with Crippen molar-refractivity contribution in [3.8, 4) is 0 Å². The van der Waals surface area contributed by atoms with Crippen LogP contribution in [0.25, 0.3) is 16.7 Å². The summed E-state index contributed by atoms with van der Waals surface area (Å²) in [6.45, 7) is 3.40. The van der Waals surface area contributed by atoms with Crippen LogP contribution in [0.4, 0.5) is 10.1 Å². The van der Waals surface area contributed by atoms with E-state index in [0.29, 0.717) is 28.2 Å². The van der Waals surface area contributed by atoms with Gasteiger partial charge in [0.1, 0.15) is 11.1 Å². The molecule has 0 radical (unpaired) electrons. The smallest absolute Gasteiger partial charge is 0.319 e. The molecule has 1 atom stereocenters. The largest absolute Gasteiger partial charge is 0.457 e. The van der Waals surface area contributed by atoms with Crippen molar-refractivity contribution < 1.29 is 18.7 Å².